The van der Waals surface area contributed by atoms with Crippen molar-refractivity contribution in [3.8, 4) is 0 Å². The second kappa shape index (κ2) is 11.4. The molecule has 1 aromatic heterocycles. The van der Waals surface area contributed by atoms with Gasteiger partial charge >= 0.3 is 0 Å². The van der Waals surface area contributed by atoms with Crippen LogP contribution >= 0.6 is 0 Å². The minimum atomic E-state index is -2.93. The number of amides is 2. The summed E-state index contributed by atoms with van der Waals surface area (Å²) in [7, 11) is -2.93. The Bertz CT molecular complexity index is 1280. The van der Waals surface area contributed by atoms with Crippen LogP contribution < -0.4 is 10.5 Å². The Kier molecular flexibility index (Phi) is 8.10. The number of nitrogens with zero attached hydrogens (tertiary/aromatic N) is 4. The first-order chi connectivity index (χ1) is 17.8. The lowest BCUT2D eigenvalue weighted by Crippen LogP contribution is -2.50. The first kappa shape index (κ1) is 26.2. The predicted octanol–water partition coefficient (Wildman–Crippen LogP) is 1.98. The molecule has 10 heteroatoms. The van der Waals surface area contributed by atoms with Gasteiger partial charge < -0.3 is 20.3 Å². The van der Waals surface area contributed by atoms with Gasteiger partial charge in [0.1, 0.15) is 5.69 Å². The number of hydrogen-bond acceptors (Lipinski definition) is 6. The molecule has 1 fully saturated rings. The molecule has 9 nitrogen and oxygen atoms in total. The van der Waals surface area contributed by atoms with Gasteiger partial charge in [0.2, 0.25) is 0 Å². The number of rotatable bonds is 7. The molecule has 2 heterocycles. The van der Waals surface area contributed by atoms with Crippen LogP contribution in [0.1, 0.15) is 20.8 Å². The van der Waals surface area contributed by atoms with Crippen LogP contribution in [0.5, 0.6) is 0 Å². The number of nitrogens with two attached hydrogens (primary N) is 1. The summed E-state index contributed by atoms with van der Waals surface area (Å²) in [6, 6.07) is 6.53. The van der Waals surface area contributed by atoms with Crippen LogP contribution in [-0.2, 0) is 10.1 Å². The monoisotopic (exact) mass is 520 g/mol. The van der Waals surface area contributed by atoms with Crippen LogP contribution in [-0.4, -0.2) is 79.5 Å². The maximum Gasteiger partial charge on any atom is 0.274 e. The number of hydrogen-bond donors (Lipinski definition) is 3. The summed E-state index contributed by atoms with van der Waals surface area (Å²) in [6.07, 6.45) is 17.1. The molecule has 194 valence electrons. The normalized spacial score (nSPS) is 20.4. The van der Waals surface area contributed by atoms with E-state index >= 15 is 0 Å². The Balaban J connectivity index is 1.35. The van der Waals surface area contributed by atoms with Gasteiger partial charge in [-0.15, -0.1) is 0 Å². The van der Waals surface area contributed by atoms with E-state index in [9.17, 15) is 13.8 Å². The second-order valence-electron chi connectivity index (χ2n) is 9.02. The van der Waals surface area contributed by atoms with Gasteiger partial charge in [-0.05, 0) is 40.0 Å². The SMILES string of the molecule is C=C/C=C\C1=CC=CC([SH](C)(=O)Nc2ccc(C(=O)N3CCN(C(=O)c4cnccn4)CC3)cc2)C1N. The summed E-state index contributed by atoms with van der Waals surface area (Å²) >= 11 is 0. The highest BCUT2D eigenvalue weighted by molar-refractivity contribution is 8.04. The van der Waals surface area contributed by atoms with Gasteiger partial charge in [-0.25, -0.2) is 4.98 Å². The number of benzene rings is 1. The number of anilines is 1. The molecule has 2 atom stereocenters. The first-order valence-electron chi connectivity index (χ1n) is 12.0. The molecule has 2 unspecified atom stereocenters. The van der Waals surface area contributed by atoms with Gasteiger partial charge in [0.15, 0.2) is 0 Å². The predicted molar refractivity (Wildman–Crippen MR) is 148 cm³/mol. The summed E-state index contributed by atoms with van der Waals surface area (Å²) in [6.45, 7) is 5.38. The number of thiol groups is 1. The molecular formula is C27H32N6O3S. The van der Waals surface area contributed by atoms with Gasteiger partial charge in [-0.2, -0.15) is 0 Å². The third-order valence-electron chi connectivity index (χ3n) is 6.46. The average Bonchev–Trinajstić information content (AvgIpc) is 2.92. The quantitative estimate of drug-likeness (QED) is 0.379. The van der Waals surface area contributed by atoms with Crippen molar-refractivity contribution in [3.05, 3.63) is 103 Å². The molecule has 1 aliphatic heterocycles. The Morgan fingerprint density at radius 1 is 1.11 bits per heavy atom. The zero-order valence-electron chi connectivity index (χ0n) is 20.7. The van der Waals surface area contributed by atoms with E-state index in [1.165, 1.54) is 18.6 Å². The van der Waals surface area contributed by atoms with E-state index in [4.69, 9.17) is 5.73 Å². The van der Waals surface area contributed by atoms with Crippen LogP contribution in [0.15, 0.2) is 91.5 Å². The van der Waals surface area contributed by atoms with E-state index < -0.39 is 16.2 Å². The van der Waals surface area contributed by atoms with Crippen LogP contribution in [0.2, 0.25) is 0 Å². The second-order valence-corrected chi connectivity index (χ2v) is 11.8. The van der Waals surface area contributed by atoms with Gasteiger partial charge in [-0.1, -0.05) is 43.0 Å². The van der Waals surface area contributed by atoms with Gasteiger partial charge in [0.05, 0.1) is 11.4 Å². The van der Waals surface area contributed by atoms with Crippen LogP contribution in [0.3, 0.4) is 0 Å². The molecule has 3 N–H and O–H groups in total. The molecular weight excluding hydrogens is 488 g/mol. The maximum absolute atomic E-state index is 13.6. The fourth-order valence-corrected chi connectivity index (χ4v) is 6.43. The van der Waals surface area contributed by atoms with Crippen molar-refractivity contribution >= 4 is 27.6 Å². The average molecular weight is 521 g/mol. The summed E-state index contributed by atoms with van der Waals surface area (Å²) in [5.41, 5.74) is 8.77. The Labute approximate surface area is 218 Å². The molecule has 0 spiro atoms. The minimum absolute atomic E-state index is 0.112. The van der Waals surface area contributed by atoms with E-state index in [0.29, 0.717) is 43.1 Å². The molecule has 0 radical (unpaired) electrons. The van der Waals surface area contributed by atoms with Crippen molar-refractivity contribution in [3.63, 3.8) is 0 Å². The largest absolute Gasteiger partial charge is 0.335 e. The van der Waals surface area contributed by atoms with Crippen molar-refractivity contribution in [2.24, 2.45) is 5.73 Å². The van der Waals surface area contributed by atoms with E-state index in [-0.39, 0.29) is 17.1 Å². The van der Waals surface area contributed by atoms with Crippen molar-refractivity contribution in [1.82, 2.24) is 19.8 Å². The summed E-state index contributed by atoms with van der Waals surface area (Å²) in [4.78, 5) is 37.0. The fourth-order valence-electron chi connectivity index (χ4n) is 4.41. The highest BCUT2D eigenvalue weighted by atomic mass is 32.3. The van der Waals surface area contributed by atoms with Crippen LogP contribution in [0, 0.1) is 0 Å². The third-order valence-corrected chi connectivity index (χ3v) is 8.80. The highest BCUT2D eigenvalue weighted by Crippen LogP contribution is 2.25. The van der Waals surface area contributed by atoms with Crippen molar-refractivity contribution in [1.29, 1.82) is 0 Å². The molecule has 1 aromatic carbocycles. The zero-order chi connectivity index (χ0) is 26.4. The van der Waals surface area contributed by atoms with Gasteiger partial charge in [0.25, 0.3) is 11.8 Å². The third kappa shape index (κ3) is 6.10. The smallest absolute Gasteiger partial charge is 0.274 e. The Morgan fingerprint density at radius 3 is 2.41 bits per heavy atom. The molecule has 2 aliphatic rings. The van der Waals surface area contributed by atoms with Crippen LogP contribution in [0.4, 0.5) is 5.69 Å². The maximum atomic E-state index is 13.6. The molecule has 4 rings (SSSR count). The van der Waals surface area contributed by atoms with E-state index in [1.54, 1.807) is 52.5 Å². The number of nitrogens with one attached hydrogen (secondary N) is 1. The Hall–Kier alpha value is -3.89. The lowest BCUT2D eigenvalue weighted by atomic mass is 9.99. The number of aromatic nitrogens is 2. The van der Waals surface area contributed by atoms with E-state index in [2.05, 4.69) is 21.3 Å². The highest BCUT2D eigenvalue weighted by Gasteiger charge is 2.30. The first-order valence-corrected chi connectivity index (χ1v) is 14.3. The number of allylic oxidation sites excluding steroid dienone is 4. The number of carbonyl (C=O) groups excluding carboxylic acids is 2. The topological polar surface area (TPSA) is 122 Å². The summed E-state index contributed by atoms with van der Waals surface area (Å²) in [5.74, 6) is -0.301. The number of piperazine rings is 1. The molecule has 0 bridgehead atoms. The van der Waals surface area contributed by atoms with E-state index in [1.807, 2.05) is 24.3 Å². The molecule has 37 heavy (non-hydrogen) atoms. The Morgan fingerprint density at radius 2 is 1.78 bits per heavy atom. The molecule has 1 aliphatic carbocycles. The standard InChI is InChI=1S/C27H32N6O3S/c1-3-4-6-20-7-5-8-24(25(20)28)37(2,36)31-22-11-9-21(10-12-22)26(34)32-15-17-33(18-16-32)27(35)23-19-29-13-14-30-23/h3-14,19,24-25,37H,1,15-18,28H2,2H3,(H,31,36)/b6-4-. The van der Waals surface area contributed by atoms with Crippen molar-refractivity contribution in [2.75, 3.05) is 37.2 Å². The summed E-state index contributed by atoms with van der Waals surface area (Å²) < 4.78 is 16.7. The number of carbonyl (C=O) groups is 2. The van der Waals surface area contributed by atoms with Crippen LogP contribution in [0.25, 0.3) is 0 Å². The van der Waals surface area contributed by atoms with Crippen molar-refractivity contribution in [2.45, 2.75) is 11.3 Å². The molecule has 0 saturated carbocycles. The fraction of sp³-hybridized carbons (Fsp3) is 0.259. The van der Waals surface area contributed by atoms with Gasteiger partial charge in [0, 0.05) is 62.1 Å². The van der Waals surface area contributed by atoms with Gasteiger partial charge in [-0.3, -0.25) is 18.8 Å². The zero-order valence-corrected chi connectivity index (χ0v) is 21.6. The lowest BCUT2D eigenvalue weighted by Gasteiger charge is -2.35. The van der Waals surface area contributed by atoms with E-state index in [0.717, 1.165) is 5.57 Å². The lowest BCUT2D eigenvalue weighted by molar-refractivity contribution is 0.0532. The molecule has 1 saturated heterocycles. The van der Waals surface area contributed by atoms with Crippen molar-refractivity contribution < 1.29 is 13.8 Å². The molecule has 2 amide bonds. The minimum Gasteiger partial charge on any atom is -0.335 e. The summed E-state index contributed by atoms with van der Waals surface area (Å²) in [5, 5.41) is -0.371. The molecule has 2 aromatic rings.